The van der Waals surface area contributed by atoms with Crippen molar-refractivity contribution < 1.29 is 4.42 Å². The lowest BCUT2D eigenvalue weighted by Gasteiger charge is -2.15. The summed E-state index contributed by atoms with van der Waals surface area (Å²) in [5.41, 5.74) is 1.23. The summed E-state index contributed by atoms with van der Waals surface area (Å²) in [5, 5.41) is 3.46. The third-order valence-electron chi connectivity index (χ3n) is 2.68. The quantitative estimate of drug-likeness (QED) is 0.707. The average Bonchev–Trinajstić information content (AvgIpc) is 2.72. The van der Waals surface area contributed by atoms with E-state index in [9.17, 15) is 0 Å². The molecule has 1 unspecified atom stereocenters. The Labute approximate surface area is 98.7 Å². The van der Waals surface area contributed by atoms with Gasteiger partial charge in [-0.15, -0.1) is 6.58 Å². The summed E-state index contributed by atoms with van der Waals surface area (Å²) in [7, 11) is 0. The topological polar surface area (TPSA) is 25.2 Å². The van der Waals surface area contributed by atoms with E-state index in [1.54, 1.807) is 0 Å². The Morgan fingerprint density at radius 3 is 2.69 bits per heavy atom. The number of rotatable bonds is 7. The van der Waals surface area contributed by atoms with Crippen LogP contribution in [0.3, 0.4) is 0 Å². The Hall–Kier alpha value is -1.02. The third kappa shape index (κ3) is 3.86. The molecule has 1 heterocycles. The number of allylic oxidation sites excluding steroid dienone is 1. The van der Waals surface area contributed by atoms with Crippen molar-refractivity contribution >= 4 is 0 Å². The van der Waals surface area contributed by atoms with E-state index in [0.29, 0.717) is 6.04 Å². The van der Waals surface area contributed by atoms with Gasteiger partial charge in [0.05, 0.1) is 6.04 Å². The van der Waals surface area contributed by atoms with Crippen molar-refractivity contribution in [3.05, 3.63) is 35.8 Å². The number of nitrogens with one attached hydrogen (secondary N) is 1. The Kier molecular flexibility index (Phi) is 5.33. The molecule has 1 aromatic rings. The van der Waals surface area contributed by atoms with Crippen LogP contribution in [-0.4, -0.2) is 6.54 Å². The molecule has 2 heteroatoms. The normalized spacial score (nSPS) is 12.7. The number of hydrogen-bond donors (Lipinski definition) is 1. The number of furan rings is 1. The molecular weight excluding hydrogens is 198 g/mol. The lowest BCUT2D eigenvalue weighted by Crippen LogP contribution is -2.20. The fraction of sp³-hybridized carbons (Fsp3) is 0.571. The smallest absolute Gasteiger partial charge is 0.121 e. The van der Waals surface area contributed by atoms with E-state index in [4.69, 9.17) is 4.42 Å². The van der Waals surface area contributed by atoms with E-state index in [0.717, 1.165) is 37.3 Å². The van der Waals surface area contributed by atoms with Gasteiger partial charge < -0.3 is 9.73 Å². The van der Waals surface area contributed by atoms with E-state index in [2.05, 4.69) is 44.8 Å². The van der Waals surface area contributed by atoms with Crippen LogP contribution in [0.5, 0.6) is 0 Å². The zero-order chi connectivity index (χ0) is 12.0. The van der Waals surface area contributed by atoms with Gasteiger partial charge in [-0.2, -0.15) is 0 Å². The van der Waals surface area contributed by atoms with Gasteiger partial charge >= 0.3 is 0 Å². The molecule has 16 heavy (non-hydrogen) atoms. The van der Waals surface area contributed by atoms with Crippen LogP contribution >= 0.6 is 0 Å². The SMILES string of the molecule is C=C(C)CCC(NCC)c1ccc(CC)o1. The second kappa shape index (κ2) is 6.54. The predicted octanol–water partition coefficient (Wildman–Crippen LogP) is 3.85. The minimum Gasteiger partial charge on any atom is -0.464 e. The van der Waals surface area contributed by atoms with E-state index >= 15 is 0 Å². The fourth-order valence-corrected chi connectivity index (χ4v) is 1.75. The van der Waals surface area contributed by atoms with Crippen LogP contribution in [0.4, 0.5) is 0 Å². The van der Waals surface area contributed by atoms with Gasteiger partial charge in [-0.25, -0.2) is 0 Å². The van der Waals surface area contributed by atoms with E-state index in [-0.39, 0.29) is 0 Å². The molecule has 0 saturated heterocycles. The zero-order valence-electron chi connectivity index (χ0n) is 10.7. The molecule has 0 spiro atoms. The molecule has 2 nitrogen and oxygen atoms in total. The summed E-state index contributed by atoms with van der Waals surface area (Å²) in [6.07, 6.45) is 3.05. The standard InChI is InChI=1S/C14H23NO/c1-5-12-8-10-14(16-12)13(15-6-2)9-7-11(3)4/h8,10,13,15H,3,5-7,9H2,1-2,4H3. The van der Waals surface area contributed by atoms with Crippen molar-refractivity contribution in [1.29, 1.82) is 0 Å². The van der Waals surface area contributed by atoms with Crippen molar-refractivity contribution in [2.24, 2.45) is 0 Å². The first-order chi connectivity index (χ1) is 7.67. The van der Waals surface area contributed by atoms with Gasteiger partial charge in [0, 0.05) is 6.42 Å². The summed E-state index contributed by atoms with van der Waals surface area (Å²) in [4.78, 5) is 0. The summed E-state index contributed by atoms with van der Waals surface area (Å²) in [6.45, 7) is 11.2. The maximum Gasteiger partial charge on any atom is 0.121 e. The van der Waals surface area contributed by atoms with Crippen molar-refractivity contribution in [1.82, 2.24) is 5.32 Å². The van der Waals surface area contributed by atoms with Crippen LogP contribution in [0, 0.1) is 0 Å². The van der Waals surface area contributed by atoms with Gasteiger partial charge in [0.1, 0.15) is 11.5 Å². The Bertz CT molecular complexity index is 327. The minimum absolute atomic E-state index is 0.321. The van der Waals surface area contributed by atoms with Crippen molar-refractivity contribution in [3.63, 3.8) is 0 Å². The molecule has 0 fully saturated rings. The highest BCUT2D eigenvalue weighted by Crippen LogP contribution is 2.22. The maximum absolute atomic E-state index is 5.79. The first kappa shape index (κ1) is 13.0. The van der Waals surface area contributed by atoms with E-state index in [1.807, 2.05) is 0 Å². The molecule has 1 atom stereocenters. The summed E-state index contributed by atoms with van der Waals surface area (Å²) in [6, 6.07) is 4.48. The molecular formula is C14H23NO. The van der Waals surface area contributed by atoms with Gasteiger partial charge in [-0.1, -0.05) is 19.4 Å². The van der Waals surface area contributed by atoms with Gasteiger partial charge in [0.2, 0.25) is 0 Å². The fourth-order valence-electron chi connectivity index (χ4n) is 1.75. The molecule has 0 aliphatic heterocycles. The largest absolute Gasteiger partial charge is 0.464 e. The minimum atomic E-state index is 0.321. The van der Waals surface area contributed by atoms with Crippen LogP contribution in [0.2, 0.25) is 0 Å². The maximum atomic E-state index is 5.79. The first-order valence-corrected chi connectivity index (χ1v) is 6.13. The molecule has 0 radical (unpaired) electrons. The highest BCUT2D eigenvalue weighted by atomic mass is 16.3. The Morgan fingerprint density at radius 2 is 2.19 bits per heavy atom. The second-order valence-corrected chi connectivity index (χ2v) is 4.26. The van der Waals surface area contributed by atoms with Crippen molar-refractivity contribution in [2.75, 3.05) is 6.54 Å². The average molecular weight is 221 g/mol. The summed E-state index contributed by atoms with van der Waals surface area (Å²) in [5.74, 6) is 2.12. The predicted molar refractivity (Wildman–Crippen MR) is 68.6 cm³/mol. The second-order valence-electron chi connectivity index (χ2n) is 4.26. The van der Waals surface area contributed by atoms with Crippen LogP contribution < -0.4 is 5.32 Å². The van der Waals surface area contributed by atoms with Gasteiger partial charge in [0.15, 0.2) is 0 Å². The molecule has 1 rings (SSSR count). The van der Waals surface area contributed by atoms with Gasteiger partial charge in [-0.05, 0) is 38.4 Å². The van der Waals surface area contributed by atoms with Crippen LogP contribution in [0.1, 0.15) is 51.2 Å². The zero-order valence-corrected chi connectivity index (χ0v) is 10.7. The first-order valence-electron chi connectivity index (χ1n) is 6.13. The highest BCUT2D eigenvalue weighted by molar-refractivity contribution is 5.11. The molecule has 0 aliphatic carbocycles. The van der Waals surface area contributed by atoms with Crippen LogP contribution in [0.25, 0.3) is 0 Å². The monoisotopic (exact) mass is 221 g/mol. The summed E-state index contributed by atoms with van der Waals surface area (Å²) < 4.78 is 5.79. The van der Waals surface area contributed by atoms with E-state index in [1.165, 1.54) is 5.57 Å². The Morgan fingerprint density at radius 1 is 1.44 bits per heavy atom. The summed E-state index contributed by atoms with van der Waals surface area (Å²) >= 11 is 0. The van der Waals surface area contributed by atoms with Crippen molar-refractivity contribution in [3.8, 4) is 0 Å². The van der Waals surface area contributed by atoms with Crippen molar-refractivity contribution in [2.45, 2.75) is 46.1 Å². The van der Waals surface area contributed by atoms with Crippen LogP contribution in [0.15, 0.2) is 28.7 Å². The molecule has 0 amide bonds. The molecule has 1 N–H and O–H groups in total. The lowest BCUT2D eigenvalue weighted by molar-refractivity contribution is 0.384. The molecule has 0 bridgehead atoms. The lowest BCUT2D eigenvalue weighted by atomic mass is 10.1. The van der Waals surface area contributed by atoms with E-state index < -0.39 is 0 Å². The molecule has 0 saturated carbocycles. The molecule has 1 aromatic heterocycles. The number of aryl methyl sites for hydroxylation is 1. The van der Waals surface area contributed by atoms with Gasteiger partial charge in [-0.3, -0.25) is 0 Å². The molecule has 0 aliphatic rings. The highest BCUT2D eigenvalue weighted by Gasteiger charge is 2.13. The number of hydrogen-bond acceptors (Lipinski definition) is 2. The molecule has 0 aromatic carbocycles. The third-order valence-corrected chi connectivity index (χ3v) is 2.68. The van der Waals surface area contributed by atoms with Gasteiger partial charge in [0.25, 0.3) is 0 Å². The molecule has 90 valence electrons. The Balaban J connectivity index is 2.64. The van der Waals surface area contributed by atoms with Crippen LogP contribution in [-0.2, 0) is 6.42 Å².